The van der Waals surface area contributed by atoms with Gasteiger partial charge in [-0.15, -0.1) is 0 Å². The molecule has 0 amide bonds. The molecular weight excluding hydrogens is 212 g/mol. The van der Waals surface area contributed by atoms with Crippen molar-refractivity contribution < 1.29 is 9.53 Å². The lowest BCUT2D eigenvalue weighted by Crippen LogP contribution is -2.13. The van der Waals surface area contributed by atoms with Crippen molar-refractivity contribution in [3.8, 4) is 0 Å². The summed E-state index contributed by atoms with van der Waals surface area (Å²) >= 11 is 5.96. The summed E-state index contributed by atoms with van der Waals surface area (Å²) in [4.78, 5) is 11.7. The van der Waals surface area contributed by atoms with E-state index in [1.165, 1.54) is 0 Å². The summed E-state index contributed by atoms with van der Waals surface area (Å²) in [6.45, 7) is 7.43. The molecule has 0 saturated carbocycles. The van der Waals surface area contributed by atoms with E-state index in [0.717, 1.165) is 11.1 Å². The van der Waals surface area contributed by atoms with Gasteiger partial charge < -0.3 is 4.74 Å². The highest BCUT2D eigenvalue weighted by Crippen LogP contribution is 2.21. The van der Waals surface area contributed by atoms with Crippen molar-refractivity contribution >= 4 is 17.6 Å². The first kappa shape index (κ1) is 12.1. The highest BCUT2D eigenvalue weighted by atomic mass is 35.5. The van der Waals surface area contributed by atoms with Gasteiger partial charge in [-0.25, -0.2) is 4.79 Å². The SMILES string of the molecule is Cc1cc(C)c(C(=O)OC(C)C)cc1Cl. The predicted octanol–water partition coefficient (Wildman–Crippen LogP) is 3.52. The zero-order chi connectivity index (χ0) is 11.6. The summed E-state index contributed by atoms with van der Waals surface area (Å²) in [5, 5.41) is 0.594. The number of benzene rings is 1. The van der Waals surface area contributed by atoms with Gasteiger partial charge in [-0.05, 0) is 44.9 Å². The van der Waals surface area contributed by atoms with Crippen LogP contribution in [0.5, 0.6) is 0 Å². The average Bonchev–Trinajstić information content (AvgIpc) is 2.09. The van der Waals surface area contributed by atoms with E-state index in [2.05, 4.69) is 0 Å². The second-order valence-electron chi connectivity index (χ2n) is 3.87. The number of carbonyl (C=O) groups excluding carboxylic acids is 1. The Labute approximate surface area is 95.2 Å². The van der Waals surface area contributed by atoms with Gasteiger partial charge in [0.1, 0.15) is 0 Å². The standard InChI is InChI=1S/C12H15ClO2/c1-7(2)15-12(14)10-6-11(13)9(4)5-8(10)3/h5-7H,1-4H3. The molecule has 0 bridgehead atoms. The Morgan fingerprint density at radius 1 is 1.27 bits per heavy atom. The quantitative estimate of drug-likeness (QED) is 0.722. The van der Waals surface area contributed by atoms with Crippen LogP contribution < -0.4 is 0 Å². The van der Waals surface area contributed by atoms with Crippen LogP contribution in [-0.2, 0) is 4.74 Å². The molecule has 82 valence electrons. The molecule has 0 aliphatic carbocycles. The molecule has 0 radical (unpaired) electrons. The van der Waals surface area contributed by atoms with Crippen molar-refractivity contribution in [2.75, 3.05) is 0 Å². The Balaban J connectivity index is 3.04. The fraction of sp³-hybridized carbons (Fsp3) is 0.417. The third-order valence-electron chi connectivity index (χ3n) is 2.07. The van der Waals surface area contributed by atoms with E-state index in [4.69, 9.17) is 16.3 Å². The minimum Gasteiger partial charge on any atom is -0.459 e. The monoisotopic (exact) mass is 226 g/mol. The number of esters is 1. The maximum Gasteiger partial charge on any atom is 0.338 e. The van der Waals surface area contributed by atoms with Crippen LogP contribution in [0, 0.1) is 13.8 Å². The summed E-state index contributed by atoms with van der Waals surface area (Å²) in [5.41, 5.74) is 2.40. The molecular formula is C12H15ClO2. The summed E-state index contributed by atoms with van der Waals surface area (Å²) in [6, 6.07) is 3.55. The fourth-order valence-electron chi connectivity index (χ4n) is 1.32. The van der Waals surface area contributed by atoms with Crippen LogP contribution >= 0.6 is 11.6 Å². The number of hydrogen-bond acceptors (Lipinski definition) is 2. The van der Waals surface area contributed by atoms with Crippen molar-refractivity contribution in [2.24, 2.45) is 0 Å². The number of aryl methyl sites for hydroxylation is 2. The first-order chi connectivity index (χ1) is 6.91. The van der Waals surface area contributed by atoms with Gasteiger partial charge in [0.25, 0.3) is 0 Å². The van der Waals surface area contributed by atoms with Crippen molar-refractivity contribution in [2.45, 2.75) is 33.8 Å². The zero-order valence-corrected chi connectivity index (χ0v) is 10.2. The molecule has 0 aromatic heterocycles. The Bertz CT molecular complexity index is 383. The van der Waals surface area contributed by atoms with E-state index in [0.29, 0.717) is 10.6 Å². The summed E-state index contributed by atoms with van der Waals surface area (Å²) in [7, 11) is 0. The summed E-state index contributed by atoms with van der Waals surface area (Å²) in [6.07, 6.45) is -0.114. The second kappa shape index (κ2) is 4.67. The number of halogens is 1. The number of rotatable bonds is 2. The Morgan fingerprint density at radius 2 is 1.87 bits per heavy atom. The lowest BCUT2D eigenvalue weighted by Gasteiger charge is -2.11. The molecule has 0 aliphatic rings. The normalized spacial score (nSPS) is 10.5. The van der Waals surface area contributed by atoms with Gasteiger partial charge in [-0.2, -0.15) is 0 Å². The molecule has 15 heavy (non-hydrogen) atoms. The highest BCUT2D eigenvalue weighted by Gasteiger charge is 2.13. The van der Waals surface area contributed by atoms with E-state index in [1.807, 2.05) is 33.8 Å². The summed E-state index contributed by atoms with van der Waals surface area (Å²) in [5.74, 6) is -0.315. The van der Waals surface area contributed by atoms with Gasteiger partial charge in [-0.3, -0.25) is 0 Å². The van der Waals surface area contributed by atoms with E-state index in [1.54, 1.807) is 6.07 Å². The van der Waals surface area contributed by atoms with Crippen molar-refractivity contribution in [1.82, 2.24) is 0 Å². The molecule has 0 unspecified atom stereocenters. The van der Waals surface area contributed by atoms with Gasteiger partial charge in [-0.1, -0.05) is 17.7 Å². The largest absolute Gasteiger partial charge is 0.459 e. The van der Waals surface area contributed by atoms with Gasteiger partial charge in [0.15, 0.2) is 0 Å². The van der Waals surface area contributed by atoms with Crippen LogP contribution in [-0.4, -0.2) is 12.1 Å². The maximum absolute atomic E-state index is 11.7. The summed E-state index contributed by atoms with van der Waals surface area (Å²) < 4.78 is 5.11. The minimum atomic E-state index is -0.315. The molecule has 1 aromatic carbocycles. The Hall–Kier alpha value is -1.02. The number of hydrogen-bond donors (Lipinski definition) is 0. The molecule has 3 heteroatoms. The van der Waals surface area contributed by atoms with E-state index in [9.17, 15) is 4.79 Å². The number of ether oxygens (including phenoxy) is 1. The molecule has 0 N–H and O–H groups in total. The molecule has 2 nitrogen and oxygen atoms in total. The van der Waals surface area contributed by atoms with E-state index in [-0.39, 0.29) is 12.1 Å². The lowest BCUT2D eigenvalue weighted by molar-refractivity contribution is 0.0377. The molecule has 1 aromatic rings. The fourth-order valence-corrected chi connectivity index (χ4v) is 1.49. The van der Waals surface area contributed by atoms with Crippen LogP contribution in [0.25, 0.3) is 0 Å². The first-order valence-corrected chi connectivity index (χ1v) is 5.27. The van der Waals surface area contributed by atoms with Crippen LogP contribution in [0.3, 0.4) is 0 Å². The molecule has 1 rings (SSSR count). The lowest BCUT2D eigenvalue weighted by atomic mass is 10.1. The van der Waals surface area contributed by atoms with Crippen molar-refractivity contribution in [3.63, 3.8) is 0 Å². The highest BCUT2D eigenvalue weighted by molar-refractivity contribution is 6.31. The maximum atomic E-state index is 11.7. The van der Waals surface area contributed by atoms with Crippen LogP contribution in [0.2, 0.25) is 5.02 Å². The van der Waals surface area contributed by atoms with Crippen LogP contribution in [0.15, 0.2) is 12.1 Å². The molecule has 0 heterocycles. The van der Waals surface area contributed by atoms with Crippen molar-refractivity contribution in [1.29, 1.82) is 0 Å². The molecule has 0 spiro atoms. The van der Waals surface area contributed by atoms with Gasteiger partial charge in [0.2, 0.25) is 0 Å². The minimum absolute atomic E-state index is 0.114. The predicted molar refractivity (Wildman–Crippen MR) is 61.5 cm³/mol. The molecule has 0 fully saturated rings. The molecule has 0 saturated heterocycles. The molecule has 0 atom stereocenters. The Morgan fingerprint density at radius 3 is 2.40 bits per heavy atom. The zero-order valence-electron chi connectivity index (χ0n) is 9.43. The van der Waals surface area contributed by atoms with Gasteiger partial charge in [0, 0.05) is 5.02 Å². The first-order valence-electron chi connectivity index (χ1n) is 4.89. The second-order valence-corrected chi connectivity index (χ2v) is 4.28. The third kappa shape index (κ3) is 2.96. The average molecular weight is 227 g/mol. The topological polar surface area (TPSA) is 26.3 Å². The van der Waals surface area contributed by atoms with Crippen LogP contribution in [0.4, 0.5) is 0 Å². The van der Waals surface area contributed by atoms with E-state index < -0.39 is 0 Å². The number of carbonyl (C=O) groups is 1. The van der Waals surface area contributed by atoms with Gasteiger partial charge in [0.05, 0.1) is 11.7 Å². The van der Waals surface area contributed by atoms with Crippen molar-refractivity contribution in [3.05, 3.63) is 33.8 Å². The molecule has 0 aliphatic heterocycles. The Kier molecular flexibility index (Phi) is 3.75. The van der Waals surface area contributed by atoms with Gasteiger partial charge >= 0.3 is 5.97 Å². The van der Waals surface area contributed by atoms with E-state index >= 15 is 0 Å². The third-order valence-corrected chi connectivity index (χ3v) is 2.48. The van der Waals surface area contributed by atoms with Crippen LogP contribution in [0.1, 0.15) is 35.3 Å². The smallest absolute Gasteiger partial charge is 0.338 e.